The molecule has 0 aliphatic carbocycles. The third-order valence-corrected chi connectivity index (χ3v) is 5.15. The smallest absolute Gasteiger partial charge is 0.316 e. The van der Waals surface area contributed by atoms with Crippen LogP contribution >= 0.6 is 23.1 Å². The van der Waals surface area contributed by atoms with E-state index in [1.165, 1.54) is 30.0 Å². The van der Waals surface area contributed by atoms with Crippen LogP contribution in [0, 0.1) is 17.0 Å². The largest absolute Gasteiger partial charge is 0.457 e. The molecule has 0 aliphatic rings. The van der Waals surface area contributed by atoms with Crippen LogP contribution in [-0.2, 0) is 15.3 Å². The number of hydrogen-bond donors (Lipinski definition) is 0. The summed E-state index contributed by atoms with van der Waals surface area (Å²) in [6.45, 7) is 1.18. The molecule has 1 heterocycles. The molecule has 1 aromatic heterocycles. The molecule has 8 heteroatoms. The summed E-state index contributed by atoms with van der Waals surface area (Å²) in [5.41, 5.74) is 0.503. The minimum atomic E-state index is -0.542. The summed E-state index contributed by atoms with van der Waals surface area (Å²) in [5.74, 6) is -0.0781. The average Bonchev–Trinajstić information content (AvgIpc) is 3.06. The first-order valence-electron chi connectivity index (χ1n) is 7.01. The fourth-order valence-corrected chi connectivity index (χ4v) is 3.54. The number of hydrogen-bond acceptors (Lipinski definition) is 7. The summed E-state index contributed by atoms with van der Waals surface area (Å²) in [6, 6.07) is 8.13. The van der Waals surface area contributed by atoms with Crippen molar-refractivity contribution in [3.8, 4) is 0 Å². The highest BCUT2D eigenvalue weighted by molar-refractivity contribution is 7.99. The second-order valence-corrected chi connectivity index (χ2v) is 6.93. The van der Waals surface area contributed by atoms with Crippen molar-refractivity contribution < 1.29 is 19.2 Å². The van der Waals surface area contributed by atoms with Crippen LogP contribution in [0.5, 0.6) is 0 Å². The Balaban J connectivity index is 1.81. The number of nitro benzene ring substituents is 1. The van der Waals surface area contributed by atoms with Crippen molar-refractivity contribution in [1.82, 2.24) is 0 Å². The maximum atomic E-state index is 12.0. The zero-order valence-corrected chi connectivity index (χ0v) is 14.5. The Bertz CT molecular complexity index is 743. The standard InChI is InChI=1S/C16H15NO5S2/c1-11-4-5-12(7-14(11)17(20)21)15(18)8-22-16(19)10-23-9-13-3-2-6-24-13/h2-7H,8-10H2,1H3. The van der Waals surface area contributed by atoms with Crippen LogP contribution in [0.3, 0.4) is 0 Å². The van der Waals surface area contributed by atoms with Crippen molar-refractivity contribution in [1.29, 1.82) is 0 Å². The predicted octanol–water partition coefficient (Wildman–Crippen LogP) is 3.62. The highest BCUT2D eigenvalue weighted by atomic mass is 32.2. The quantitative estimate of drug-likeness (QED) is 0.307. The Hall–Kier alpha value is -2.19. The second-order valence-electron chi connectivity index (χ2n) is 4.91. The van der Waals surface area contributed by atoms with Crippen LogP contribution in [0.2, 0.25) is 0 Å². The monoisotopic (exact) mass is 365 g/mol. The minimum absolute atomic E-state index is 0.126. The Morgan fingerprint density at radius 2 is 2.12 bits per heavy atom. The third-order valence-electron chi connectivity index (χ3n) is 3.14. The van der Waals surface area contributed by atoms with E-state index in [4.69, 9.17) is 4.74 Å². The number of carbonyl (C=O) groups excluding carboxylic acids is 2. The maximum absolute atomic E-state index is 12.0. The molecule has 0 spiro atoms. The number of Topliss-reactive ketones (excluding diaryl/α,β-unsaturated/α-hetero) is 1. The molecule has 2 aromatic rings. The lowest BCUT2D eigenvalue weighted by atomic mass is 10.1. The van der Waals surface area contributed by atoms with E-state index in [0.29, 0.717) is 11.3 Å². The number of thiophene rings is 1. The van der Waals surface area contributed by atoms with Crippen molar-refractivity contribution in [2.24, 2.45) is 0 Å². The number of benzene rings is 1. The number of esters is 1. The minimum Gasteiger partial charge on any atom is -0.457 e. The van der Waals surface area contributed by atoms with Crippen LogP contribution in [-0.4, -0.2) is 29.0 Å². The summed E-state index contributed by atoms with van der Waals surface area (Å²) in [6.07, 6.45) is 0. The first-order valence-corrected chi connectivity index (χ1v) is 9.05. The fourth-order valence-electron chi connectivity index (χ4n) is 1.88. The van der Waals surface area contributed by atoms with Crippen LogP contribution in [0.4, 0.5) is 5.69 Å². The van der Waals surface area contributed by atoms with Gasteiger partial charge in [-0.25, -0.2) is 0 Å². The Labute approximate surface area is 147 Å². The molecule has 0 saturated heterocycles. The second kappa shape index (κ2) is 8.60. The lowest BCUT2D eigenvalue weighted by molar-refractivity contribution is -0.385. The molecule has 0 fully saturated rings. The van der Waals surface area contributed by atoms with E-state index in [1.807, 2.05) is 17.5 Å². The topological polar surface area (TPSA) is 86.5 Å². The number of rotatable bonds is 8. The van der Waals surface area contributed by atoms with Crippen molar-refractivity contribution in [2.75, 3.05) is 12.4 Å². The lowest BCUT2D eigenvalue weighted by Gasteiger charge is -2.05. The first kappa shape index (κ1) is 18.2. The van der Waals surface area contributed by atoms with Gasteiger partial charge in [-0.05, 0) is 18.4 Å². The molecule has 0 radical (unpaired) electrons. The fraction of sp³-hybridized carbons (Fsp3) is 0.250. The first-order chi connectivity index (χ1) is 11.5. The van der Waals surface area contributed by atoms with E-state index in [1.54, 1.807) is 18.3 Å². The Morgan fingerprint density at radius 3 is 2.79 bits per heavy atom. The van der Waals surface area contributed by atoms with E-state index in [2.05, 4.69) is 0 Å². The molecule has 0 atom stereocenters. The number of aryl methyl sites for hydroxylation is 1. The summed E-state index contributed by atoms with van der Waals surface area (Å²) in [5, 5.41) is 12.9. The van der Waals surface area contributed by atoms with Crippen LogP contribution in [0.15, 0.2) is 35.7 Å². The zero-order chi connectivity index (χ0) is 17.5. The molecule has 0 unspecified atom stereocenters. The van der Waals surface area contributed by atoms with Gasteiger partial charge in [0.05, 0.1) is 10.7 Å². The average molecular weight is 365 g/mol. The summed E-state index contributed by atoms with van der Waals surface area (Å²) in [7, 11) is 0. The third kappa shape index (κ3) is 5.17. The molecule has 2 rings (SSSR count). The van der Waals surface area contributed by atoms with Gasteiger partial charge in [0.1, 0.15) is 0 Å². The van der Waals surface area contributed by atoms with Gasteiger partial charge in [0.2, 0.25) is 5.78 Å². The van der Waals surface area contributed by atoms with E-state index in [9.17, 15) is 19.7 Å². The molecule has 0 N–H and O–H groups in total. The number of ether oxygens (including phenoxy) is 1. The molecular formula is C16H15NO5S2. The number of nitrogens with zero attached hydrogens (tertiary/aromatic N) is 1. The van der Waals surface area contributed by atoms with E-state index >= 15 is 0 Å². The molecule has 1 aromatic carbocycles. The molecule has 24 heavy (non-hydrogen) atoms. The molecule has 126 valence electrons. The van der Waals surface area contributed by atoms with Gasteiger partial charge in [-0.2, -0.15) is 0 Å². The number of ketones is 1. The molecule has 0 saturated carbocycles. The highest BCUT2D eigenvalue weighted by Gasteiger charge is 2.16. The van der Waals surface area contributed by atoms with Gasteiger partial charge in [0.25, 0.3) is 5.69 Å². The Kier molecular flexibility index (Phi) is 6.51. The van der Waals surface area contributed by atoms with Crippen molar-refractivity contribution in [3.05, 3.63) is 61.8 Å². The molecule has 0 aliphatic heterocycles. The van der Waals surface area contributed by atoms with Gasteiger partial charge in [0, 0.05) is 27.8 Å². The van der Waals surface area contributed by atoms with Crippen LogP contribution in [0.1, 0.15) is 20.8 Å². The number of thioether (sulfide) groups is 1. The van der Waals surface area contributed by atoms with Crippen LogP contribution in [0.25, 0.3) is 0 Å². The SMILES string of the molecule is Cc1ccc(C(=O)COC(=O)CSCc2cccs2)cc1[N+](=O)[O-]. The van der Waals surface area contributed by atoms with E-state index < -0.39 is 23.3 Å². The summed E-state index contributed by atoms with van der Waals surface area (Å²) in [4.78, 5) is 35.1. The normalized spacial score (nSPS) is 10.4. The van der Waals surface area contributed by atoms with Gasteiger partial charge in [-0.15, -0.1) is 23.1 Å². The summed E-state index contributed by atoms with van der Waals surface area (Å²) >= 11 is 3.02. The Morgan fingerprint density at radius 1 is 1.33 bits per heavy atom. The maximum Gasteiger partial charge on any atom is 0.316 e. The van der Waals surface area contributed by atoms with Gasteiger partial charge in [-0.3, -0.25) is 19.7 Å². The van der Waals surface area contributed by atoms with Crippen molar-refractivity contribution >= 4 is 40.5 Å². The molecule has 0 amide bonds. The van der Waals surface area contributed by atoms with Crippen molar-refractivity contribution in [2.45, 2.75) is 12.7 Å². The van der Waals surface area contributed by atoms with Gasteiger partial charge in [0.15, 0.2) is 6.61 Å². The number of carbonyl (C=O) groups is 2. The number of nitro groups is 1. The molecule has 6 nitrogen and oxygen atoms in total. The predicted molar refractivity (Wildman–Crippen MR) is 93.6 cm³/mol. The van der Waals surface area contributed by atoms with Gasteiger partial charge in [-0.1, -0.05) is 18.2 Å². The zero-order valence-electron chi connectivity index (χ0n) is 12.9. The van der Waals surface area contributed by atoms with Gasteiger partial charge >= 0.3 is 5.97 Å². The van der Waals surface area contributed by atoms with Gasteiger partial charge < -0.3 is 4.74 Å². The lowest BCUT2D eigenvalue weighted by Crippen LogP contribution is -2.15. The van der Waals surface area contributed by atoms with Crippen LogP contribution < -0.4 is 0 Å². The highest BCUT2D eigenvalue weighted by Crippen LogP contribution is 2.20. The molecule has 0 bridgehead atoms. The van der Waals surface area contributed by atoms with E-state index in [-0.39, 0.29) is 17.0 Å². The van der Waals surface area contributed by atoms with Crippen molar-refractivity contribution in [3.63, 3.8) is 0 Å². The molecular weight excluding hydrogens is 350 g/mol. The van der Waals surface area contributed by atoms with E-state index in [0.717, 1.165) is 4.88 Å². The summed E-state index contributed by atoms with van der Waals surface area (Å²) < 4.78 is 4.93.